The van der Waals surface area contributed by atoms with Gasteiger partial charge in [-0.15, -0.1) is 0 Å². The van der Waals surface area contributed by atoms with Gasteiger partial charge in [0.2, 0.25) is 0 Å². The van der Waals surface area contributed by atoms with Gasteiger partial charge in [-0.3, -0.25) is 0 Å². The molecule has 4 aromatic rings. The van der Waals surface area contributed by atoms with E-state index in [1.807, 2.05) is 0 Å². The Morgan fingerprint density at radius 3 is 1.41 bits per heavy atom. The fraction of sp³-hybridized carbons (Fsp3) is 0. The van der Waals surface area contributed by atoms with Gasteiger partial charge in [0.1, 0.15) is 0 Å². The van der Waals surface area contributed by atoms with Crippen molar-refractivity contribution in [2.75, 3.05) is 0 Å². The van der Waals surface area contributed by atoms with Crippen LogP contribution in [0.3, 0.4) is 0 Å². The van der Waals surface area contributed by atoms with Gasteiger partial charge < -0.3 is 0 Å². The molecule has 0 N–H and O–H groups in total. The monoisotopic (exact) mass is 432 g/mol. The summed E-state index contributed by atoms with van der Waals surface area (Å²) in [4.78, 5) is 2.63. The van der Waals surface area contributed by atoms with E-state index in [1.54, 1.807) is 4.41 Å². The summed E-state index contributed by atoms with van der Waals surface area (Å²) < 4.78 is 3.08. The molecule has 0 nitrogen and oxygen atoms in total. The second-order valence-electron chi connectivity index (χ2n) is 7.36. The Balaban J connectivity index is 1.81. The Kier molecular flexibility index (Phi) is 5.02. The summed E-state index contributed by atoms with van der Waals surface area (Å²) in [6, 6.07) is 43.9. The molecule has 0 fully saturated rings. The van der Waals surface area contributed by atoms with Crippen LogP contribution in [0, 0.1) is 0 Å². The Morgan fingerprint density at radius 1 is 0.414 bits per heavy atom. The zero-order valence-electron chi connectivity index (χ0n) is 16.2. The molecule has 0 aromatic heterocycles. The van der Waals surface area contributed by atoms with Gasteiger partial charge >= 0.3 is 177 Å². The zero-order chi connectivity index (χ0) is 19.5. The van der Waals surface area contributed by atoms with E-state index in [0.717, 1.165) is 0 Å². The van der Waals surface area contributed by atoms with E-state index >= 15 is 0 Å². The first-order chi connectivity index (χ1) is 14.4. The van der Waals surface area contributed by atoms with E-state index in [0.29, 0.717) is 0 Å². The van der Waals surface area contributed by atoms with Crippen molar-refractivity contribution >= 4 is 34.3 Å². The molecule has 4 aromatic carbocycles. The van der Waals surface area contributed by atoms with Crippen LogP contribution in [0.15, 0.2) is 126 Å². The predicted molar refractivity (Wildman–Crippen MR) is 127 cm³/mol. The van der Waals surface area contributed by atoms with Crippen LogP contribution in [-0.4, -0.2) is 14.3 Å². The molecule has 1 aliphatic rings. The maximum absolute atomic E-state index is 2.63. The first-order valence-electron chi connectivity index (χ1n) is 10.1. The third kappa shape index (κ3) is 3.52. The van der Waals surface area contributed by atoms with Gasteiger partial charge in [-0.2, -0.15) is 0 Å². The van der Waals surface area contributed by atoms with Gasteiger partial charge in [0.05, 0.1) is 0 Å². The summed E-state index contributed by atoms with van der Waals surface area (Å²) in [5, 5.41) is 0. The predicted octanol–water partition coefficient (Wildman–Crippen LogP) is 5.91. The molecule has 1 unspecified atom stereocenters. The first-order valence-corrected chi connectivity index (χ1v) is 13.9. The van der Waals surface area contributed by atoms with Crippen molar-refractivity contribution < 1.29 is 0 Å². The Hall–Kier alpha value is -3.10. The first kappa shape index (κ1) is 18.0. The van der Waals surface area contributed by atoms with Crippen molar-refractivity contribution in [2.24, 2.45) is 0 Å². The normalized spacial score (nSPS) is 16.0. The molecular weight excluding hydrogens is 409 g/mol. The molecular formula is C28H22Ge. The van der Waals surface area contributed by atoms with Crippen LogP contribution >= 0.6 is 0 Å². The molecule has 1 heterocycles. The fourth-order valence-electron chi connectivity index (χ4n) is 4.27. The van der Waals surface area contributed by atoms with Gasteiger partial charge in [0.15, 0.2) is 0 Å². The Morgan fingerprint density at radius 2 is 0.862 bits per heavy atom. The second-order valence-corrected chi connectivity index (χ2v) is 12.7. The second kappa shape index (κ2) is 8.10. The molecule has 0 aliphatic carbocycles. The van der Waals surface area contributed by atoms with Crippen molar-refractivity contribution in [3.8, 4) is 0 Å². The van der Waals surface area contributed by atoms with Crippen molar-refractivity contribution in [3.05, 3.63) is 143 Å². The topological polar surface area (TPSA) is 0 Å². The van der Waals surface area contributed by atoms with Crippen LogP contribution in [0.5, 0.6) is 0 Å². The number of allylic oxidation sites excluding steroid dienone is 2. The third-order valence-electron chi connectivity index (χ3n) is 5.57. The minimum absolute atomic E-state index is 1.31. The molecule has 0 saturated carbocycles. The van der Waals surface area contributed by atoms with E-state index in [-0.39, 0.29) is 0 Å². The summed E-state index contributed by atoms with van der Waals surface area (Å²) in [6.45, 7) is 0. The standard InChI is InChI=1S/C28H22Ge/c1-5-13-22(14-6-1)26-21-29(25-19-11-4-12-20-25)28(24-17-9-3-10-18-24)27(26)23-15-7-2-8-16-23/h1-21,29H. The van der Waals surface area contributed by atoms with Gasteiger partial charge in [-0.25, -0.2) is 0 Å². The van der Waals surface area contributed by atoms with Gasteiger partial charge in [0, 0.05) is 0 Å². The third-order valence-corrected chi connectivity index (χ3v) is 11.9. The summed E-state index contributed by atoms with van der Waals surface area (Å²) >= 11 is -2.13. The number of rotatable bonds is 4. The van der Waals surface area contributed by atoms with Crippen molar-refractivity contribution in [1.29, 1.82) is 0 Å². The summed E-state index contributed by atoms with van der Waals surface area (Å²) in [6.07, 6.45) is 0. The molecule has 1 aliphatic heterocycles. The van der Waals surface area contributed by atoms with Gasteiger partial charge in [0.25, 0.3) is 0 Å². The molecule has 1 heteroatoms. The van der Waals surface area contributed by atoms with E-state index in [1.165, 1.54) is 32.2 Å². The average Bonchev–Trinajstić information content (AvgIpc) is 3.22. The molecule has 5 rings (SSSR count). The summed E-state index contributed by atoms with van der Waals surface area (Å²) in [7, 11) is 0. The van der Waals surface area contributed by atoms with Gasteiger partial charge in [-0.1, -0.05) is 0 Å². The number of hydrogen-bond donors (Lipinski definition) is 0. The van der Waals surface area contributed by atoms with Crippen molar-refractivity contribution in [1.82, 2.24) is 0 Å². The molecule has 0 saturated heterocycles. The molecule has 1 atom stereocenters. The SMILES string of the molecule is [CH]1=C(c2ccccc2)C(c2ccccc2)=[C](c2ccccc2)[GeH]1[c]1ccccc1. The number of benzene rings is 4. The summed E-state index contributed by atoms with van der Waals surface area (Å²) in [5.74, 6) is 0. The molecule has 138 valence electrons. The molecule has 0 amide bonds. The number of hydrogen-bond acceptors (Lipinski definition) is 0. The van der Waals surface area contributed by atoms with E-state index < -0.39 is 14.3 Å². The molecule has 0 bridgehead atoms. The van der Waals surface area contributed by atoms with Crippen molar-refractivity contribution in [3.63, 3.8) is 0 Å². The van der Waals surface area contributed by atoms with Crippen LogP contribution in [-0.2, 0) is 0 Å². The van der Waals surface area contributed by atoms with Gasteiger partial charge in [-0.05, 0) is 0 Å². The maximum atomic E-state index is 2.63. The molecule has 0 radical (unpaired) electrons. The van der Waals surface area contributed by atoms with Crippen LogP contribution in [0.25, 0.3) is 15.6 Å². The molecule has 0 spiro atoms. The van der Waals surface area contributed by atoms with Crippen LogP contribution in [0.1, 0.15) is 16.7 Å². The van der Waals surface area contributed by atoms with E-state index in [4.69, 9.17) is 0 Å². The summed E-state index contributed by atoms with van der Waals surface area (Å²) in [5.41, 5.74) is 6.79. The van der Waals surface area contributed by atoms with Crippen LogP contribution in [0.2, 0.25) is 0 Å². The zero-order valence-corrected chi connectivity index (χ0v) is 18.6. The quantitative estimate of drug-likeness (QED) is 0.353. The Labute approximate surface area is 177 Å². The fourth-order valence-corrected chi connectivity index (χ4v) is 11.0. The van der Waals surface area contributed by atoms with Crippen molar-refractivity contribution in [2.45, 2.75) is 0 Å². The average molecular weight is 431 g/mol. The van der Waals surface area contributed by atoms with E-state index in [9.17, 15) is 0 Å². The van der Waals surface area contributed by atoms with E-state index in [2.05, 4.69) is 126 Å². The minimum atomic E-state index is -2.13. The molecule has 29 heavy (non-hydrogen) atoms. The Bertz CT molecular complexity index is 1160. The van der Waals surface area contributed by atoms with Crippen LogP contribution < -0.4 is 4.40 Å². The van der Waals surface area contributed by atoms with Crippen LogP contribution in [0.4, 0.5) is 0 Å².